The van der Waals surface area contributed by atoms with Gasteiger partial charge in [0.15, 0.2) is 11.5 Å². The largest absolute Gasteiger partial charge is 0.481 e. The van der Waals surface area contributed by atoms with Gasteiger partial charge in [0.1, 0.15) is 0 Å². The Morgan fingerprint density at radius 2 is 2.11 bits per heavy atom. The lowest BCUT2D eigenvalue weighted by molar-refractivity contribution is -0.141. The molecule has 1 aliphatic heterocycles. The quantitative estimate of drug-likeness (QED) is 0.822. The van der Waals surface area contributed by atoms with Crippen LogP contribution in [0.1, 0.15) is 12.5 Å². The van der Waals surface area contributed by atoms with Crippen molar-refractivity contribution >= 4 is 11.9 Å². The summed E-state index contributed by atoms with van der Waals surface area (Å²) in [5.41, 5.74) is 0.796. The standard InChI is InChI=1S/C13H15NO5/c1-8(13(16)17)6-14-12(15)5-9-2-3-10-11(4-9)19-7-18-10/h2-4,8H,5-7H2,1H3,(H,14,15)(H,16,17). The first-order valence-corrected chi connectivity index (χ1v) is 5.94. The van der Waals surface area contributed by atoms with Gasteiger partial charge in [-0.1, -0.05) is 13.0 Å². The zero-order valence-electron chi connectivity index (χ0n) is 10.5. The molecule has 19 heavy (non-hydrogen) atoms. The number of aliphatic carboxylic acids is 1. The summed E-state index contributed by atoms with van der Waals surface area (Å²) in [4.78, 5) is 22.3. The van der Waals surface area contributed by atoms with Gasteiger partial charge in [0, 0.05) is 6.54 Å². The highest BCUT2D eigenvalue weighted by Crippen LogP contribution is 2.32. The number of carboxylic acids is 1. The first-order chi connectivity index (χ1) is 9.06. The molecule has 0 fully saturated rings. The smallest absolute Gasteiger partial charge is 0.308 e. The van der Waals surface area contributed by atoms with Crippen LogP contribution in [0.4, 0.5) is 0 Å². The van der Waals surface area contributed by atoms with Crippen molar-refractivity contribution in [3.05, 3.63) is 23.8 Å². The average molecular weight is 265 g/mol. The number of ether oxygens (including phenoxy) is 2. The van der Waals surface area contributed by atoms with Crippen LogP contribution < -0.4 is 14.8 Å². The molecule has 1 atom stereocenters. The highest BCUT2D eigenvalue weighted by Gasteiger charge is 2.15. The molecule has 0 saturated heterocycles. The molecule has 1 heterocycles. The molecular weight excluding hydrogens is 250 g/mol. The van der Waals surface area contributed by atoms with E-state index in [0.717, 1.165) is 5.56 Å². The summed E-state index contributed by atoms with van der Waals surface area (Å²) >= 11 is 0. The van der Waals surface area contributed by atoms with E-state index in [1.807, 2.05) is 0 Å². The molecule has 1 aromatic carbocycles. The molecule has 6 nitrogen and oxygen atoms in total. The van der Waals surface area contributed by atoms with Gasteiger partial charge in [-0.15, -0.1) is 0 Å². The highest BCUT2D eigenvalue weighted by molar-refractivity contribution is 5.79. The van der Waals surface area contributed by atoms with E-state index in [1.54, 1.807) is 25.1 Å². The Bertz CT molecular complexity index is 500. The van der Waals surface area contributed by atoms with Gasteiger partial charge in [-0.25, -0.2) is 0 Å². The Morgan fingerprint density at radius 1 is 1.37 bits per heavy atom. The van der Waals surface area contributed by atoms with E-state index in [9.17, 15) is 9.59 Å². The summed E-state index contributed by atoms with van der Waals surface area (Å²) in [6, 6.07) is 5.29. The normalized spacial score (nSPS) is 13.9. The van der Waals surface area contributed by atoms with Gasteiger partial charge < -0.3 is 19.9 Å². The second kappa shape index (κ2) is 5.60. The first-order valence-electron chi connectivity index (χ1n) is 5.94. The van der Waals surface area contributed by atoms with Crippen molar-refractivity contribution in [3.63, 3.8) is 0 Å². The van der Waals surface area contributed by atoms with Gasteiger partial charge in [0.05, 0.1) is 12.3 Å². The number of amides is 1. The summed E-state index contributed by atoms with van der Waals surface area (Å²) in [6.45, 7) is 1.86. The average Bonchev–Trinajstić information content (AvgIpc) is 2.83. The maximum atomic E-state index is 11.7. The second-order valence-corrected chi connectivity index (χ2v) is 4.41. The third-order valence-corrected chi connectivity index (χ3v) is 2.83. The Balaban J connectivity index is 1.87. The number of rotatable bonds is 5. The van der Waals surface area contributed by atoms with Gasteiger partial charge in [0.25, 0.3) is 0 Å². The lowest BCUT2D eigenvalue weighted by Crippen LogP contribution is -2.32. The third kappa shape index (κ3) is 3.37. The fourth-order valence-electron chi connectivity index (χ4n) is 1.65. The summed E-state index contributed by atoms with van der Waals surface area (Å²) in [5, 5.41) is 11.3. The fraction of sp³-hybridized carbons (Fsp3) is 0.385. The molecule has 0 bridgehead atoms. The summed E-state index contributed by atoms with van der Waals surface area (Å²) in [7, 11) is 0. The molecule has 6 heteroatoms. The molecule has 1 unspecified atom stereocenters. The first kappa shape index (κ1) is 13.2. The number of carbonyl (C=O) groups excluding carboxylic acids is 1. The van der Waals surface area contributed by atoms with E-state index in [0.29, 0.717) is 11.5 Å². The molecule has 0 saturated carbocycles. The number of hydrogen-bond acceptors (Lipinski definition) is 4. The molecule has 0 spiro atoms. The lowest BCUT2D eigenvalue weighted by atomic mass is 10.1. The molecule has 0 radical (unpaired) electrons. The minimum Gasteiger partial charge on any atom is -0.481 e. The van der Waals surface area contributed by atoms with E-state index in [-0.39, 0.29) is 25.7 Å². The monoisotopic (exact) mass is 265 g/mol. The van der Waals surface area contributed by atoms with E-state index in [2.05, 4.69) is 5.32 Å². The van der Waals surface area contributed by atoms with E-state index in [4.69, 9.17) is 14.6 Å². The van der Waals surface area contributed by atoms with Crippen LogP contribution in [0.2, 0.25) is 0 Å². The summed E-state index contributed by atoms with van der Waals surface area (Å²) in [6.07, 6.45) is 0.184. The summed E-state index contributed by atoms with van der Waals surface area (Å²) < 4.78 is 10.4. The SMILES string of the molecule is CC(CNC(=O)Cc1ccc2c(c1)OCO2)C(=O)O. The van der Waals surface area contributed by atoms with E-state index >= 15 is 0 Å². The molecule has 2 N–H and O–H groups in total. The Hall–Kier alpha value is -2.24. The maximum Gasteiger partial charge on any atom is 0.308 e. The van der Waals surface area contributed by atoms with Crippen LogP contribution in [0.3, 0.4) is 0 Å². The van der Waals surface area contributed by atoms with Crippen molar-refractivity contribution in [2.24, 2.45) is 5.92 Å². The zero-order chi connectivity index (χ0) is 13.8. The third-order valence-electron chi connectivity index (χ3n) is 2.83. The predicted molar refractivity (Wildman–Crippen MR) is 66.1 cm³/mol. The molecule has 0 aromatic heterocycles. The molecule has 102 valence electrons. The molecule has 1 amide bonds. The maximum absolute atomic E-state index is 11.7. The summed E-state index contributed by atoms with van der Waals surface area (Å²) in [5.74, 6) is -0.441. The van der Waals surface area contributed by atoms with E-state index in [1.165, 1.54) is 0 Å². The van der Waals surface area contributed by atoms with Crippen LogP contribution in [0.5, 0.6) is 11.5 Å². The van der Waals surface area contributed by atoms with Crippen LogP contribution >= 0.6 is 0 Å². The topological polar surface area (TPSA) is 84.9 Å². The number of carboxylic acid groups (broad SMARTS) is 1. The van der Waals surface area contributed by atoms with Crippen LogP contribution in [-0.4, -0.2) is 30.3 Å². The minimum absolute atomic E-state index is 0.124. The van der Waals surface area contributed by atoms with Crippen molar-refractivity contribution in [3.8, 4) is 11.5 Å². The van der Waals surface area contributed by atoms with Gasteiger partial charge in [0.2, 0.25) is 12.7 Å². The number of nitrogens with one attached hydrogen (secondary N) is 1. The Labute approximate surface area is 110 Å². The van der Waals surface area contributed by atoms with Crippen LogP contribution in [-0.2, 0) is 16.0 Å². The zero-order valence-corrected chi connectivity index (χ0v) is 10.5. The predicted octanol–water partition coefficient (Wildman–Crippen LogP) is 0.795. The van der Waals surface area contributed by atoms with Crippen molar-refractivity contribution in [1.82, 2.24) is 5.32 Å². The van der Waals surface area contributed by atoms with E-state index < -0.39 is 11.9 Å². The van der Waals surface area contributed by atoms with Gasteiger partial charge in [-0.3, -0.25) is 9.59 Å². The van der Waals surface area contributed by atoms with Crippen LogP contribution in [0.15, 0.2) is 18.2 Å². The molecule has 2 rings (SSSR count). The number of carbonyl (C=O) groups is 2. The van der Waals surface area contributed by atoms with Gasteiger partial charge in [-0.05, 0) is 17.7 Å². The molecule has 1 aliphatic rings. The van der Waals surface area contributed by atoms with Crippen LogP contribution in [0, 0.1) is 5.92 Å². The van der Waals surface area contributed by atoms with Crippen LogP contribution in [0.25, 0.3) is 0 Å². The van der Waals surface area contributed by atoms with Gasteiger partial charge >= 0.3 is 5.97 Å². The molecular formula is C13H15NO5. The Morgan fingerprint density at radius 3 is 2.84 bits per heavy atom. The van der Waals surface area contributed by atoms with Gasteiger partial charge in [-0.2, -0.15) is 0 Å². The number of hydrogen-bond donors (Lipinski definition) is 2. The van der Waals surface area contributed by atoms with Crippen molar-refractivity contribution in [2.45, 2.75) is 13.3 Å². The number of fused-ring (bicyclic) bond motifs is 1. The van der Waals surface area contributed by atoms with Crippen molar-refractivity contribution < 1.29 is 24.2 Å². The highest BCUT2D eigenvalue weighted by atomic mass is 16.7. The van der Waals surface area contributed by atoms with Crippen molar-refractivity contribution in [1.29, 1.82) is 0 Å². The number of benzene rings is 1. The minimum atomic E-state index is -0.927. The fourth-order valence-corrected chi connectivity index (χ4v) is 1.65. The van der Waals surface area contributed by atoms with Crippen molar-refractivity contribution in [2.75, 3.05) is 13.3 Å². The lowest BCUT2D eigenvalue weighted by Gasteiger charge is -2.08. The molecule has 0 aliphatic carbocycles. The Kier molecular flexibility index (Phi) is 3.89. The molecule has 1 aromatic rings. The second-order valence-electron chi connectivity index (χ2n) is 4.41.